The summed E-state index contributed by atoms with van der Waals surface area (Å²) < 4.78 is 36.7. The molecule has 0 atom stereocenters. The number of alkyl halides is 3. The van der Waals surface area contributed by atoms with Crippen molar-refractivity contribution in [3.05, 3.63) is 0 Å². The van der Waals surface area contributed by atoms with E-state index in [2.05, 4.69) is 12.6 Å². The van der Waals surface area contributed by atoms with Crippen molar-refractivity contribution in [2.45, 2.75) is 25.4 Å². The van der Waals surface area contributed by atoms with E-state index in [0.717, 1.165) is 12.8 Å². The van der Waals surface area contributed by atoms with Gasteiger partial charge >= 0.3 is 6.18 Å². The van der Waals surface area contributed by atoms with E-state index in [0.29, 0.717) is 38.4 Å². The lowest BCUT2D eigenvalue weighted by atomic mass is 10.0. The van der Waals surface area contributed by atoms with E-state index in [1.807, 2.05) is 0 Å². The van der Waals surface area contributed by atoms with Gasteiger partial charge in [0.1, 0.15) is 0 Å². The molecule has 19 heavy (non-hydrogen) atoms. The zero-order valence-electron chi connectivity index (χ0n) is 10.7. The van der Waals surface area contributed by atoms with E-state index in [4.69, 9.17) is 0 Å². The van der Waals surface area contributed by atoms with E-state index < -0.39 is 12.7 Å². The lowest BCUT2D eigenvalue weighted by Crippen LogP contribution is -2.51. The fourth-order valence-electron chi connectivity index (χ4n) is 2.41. The molecule has 1 heterocycles. The van der Waals surface area contributed by atoms with Crippen LogP contribution in [0.25, 0.3) is 0 Å². The van der Waals surface area contributed by atoms with Crippen molar-refractivity contribution in [3.63, 3.8) is 0 Å². The Hall–Kier alpha value is -0.430. The first-order valence-electron chi connectivity index (χ1n) is 6.51. The van der Waals surface area contributed by atoms with Crippen molar-refractivity contribution in [1.82, 2.24) is 9.80 Å². The zero-order chi connectivity index (χ0) is 14.1. The average molecular weight is 296 g/mol. The van der Waals surface area contributed by atoms with Gasteiger partial charge < -0.3 is 4.90 Å². The topological polar surface area (TPSA) is 23.6 Å². The molecule has 2 fully saturated rings. The number of halogens is 3. The smallest absolute Gasteiger partial charge is 0.340 e. The van der Waals surface area contributed by atoms with Crippen molar-refractivity contribution in [2.75, 3.05) is 38.5 Å². The van der Waals surface area contributed by atoms with Gasteiger partial charge in [-0.1, -0.05) is 0 Å². The summed E-state index contributed by atoms with van der Waals surface area (Å²) >= 11 is 4.26. The predicted molar refractivity (Wildman–Crippen MR) is 69.2 cm³/mol. The predicted octanol–water partition coefficient (Wildman–Crippen LogP) is 1.79. The normalized spacial score (nSPS) is 23.5. The molecule has 1 aliphatic heterocycles. The van der Waals surface area contributed by atoms with Gasteiger partial charge in [-0.15, -0.1) is 0 Å². The van der Waals surface area contributed by atoms with Crippen LogP contribution in [-0.2, 0) is 4.79 Å². The maximum absolute atomic E-state index is 12.2. The lowest BCUT2D eigenvalue weighted by molar-refractivity contribution is -0.152. The van der Waals surface area contributed by atoms with Gasteiger partial charge in [-0.25, -0.2) is 0 Å². The molecule has 7 heteroatoms. The van der Waals surface area contributed by atoms with E-state index in [1.54, 1.807) is 4.90 Å². The Bertz CT molecular complexity index is 336. The molecule has 3 nitrogen and oxygen atoms in total. The Kier molecular flexibility index (Phi) is 4.35. The Morgan fingerprint density at radius 1 is 1.16 bits per heavy atom. The number of carbonyl (C=O) groups is 1. The molecule has 1 saturated carbocycles. The molecule has 1 amide bonds. The molecular weight excluding hydrogens is 277 g/mol. The highest BCUT2D eigenvalue weighted by Crippen LogP contribution is 2.49. The first-order valence-corrected chi connectivity index (χ1v) is 7.15. The monoisotopic (exact) mass is 296 g/mol. The Morgan fingerprint density at radius 2 is 1.74 bits per heavy atom. The number of rotatable bonds is 4. The summed E-state index contributed by atoms with van der Waals surface area (Å²) in [4.78, 5) is 15.1. The van der Waals surface area contributed by atoms with Gasteiger partial charge in [0.25, 0.3) is 0 Å². The van der Waals surface area contributed by atoms with Gasteiger partial charge in [0, 0.05) is 32.6 Å². The van der Waals surface area contributed by atoms with Crippen LogP contribution in [0.4, 0.5) is 13.2 Å². The molecule has 0 bridgehead atoms. The number of carbonyl (C=O) groups excluding carboxylic acids is 1. The lowest BCUT2D eigenvalue weighted by Gasteiger charge is -2.35. The maximum atomic E-state index is 12.2. The number of piperazine rings is 1. The van der Waals surface area contributed by atoms with Crippen molar-refractivity contribution >= 4 is 18.5 Å². The minimum Gasteiger partial charge on any atom is -0.340 e. The summed E-state index contributed by atoms with van der Waals surface area (Å²) in [5.74, 6) is 0.783. The highest BCUT2D eigenvalue weighted by Gasteiger charge is 2.44. The molecule has 1 saturated heterocycles. The van der Waals surface area contributed by atoms with Crippen LogP contribution in [0.2, 0.25) is 0 Å². The number of amides is 1. The quantitative estimate of drug-likeness (QED) is 0.800. The standard InChI is InChI=1S/C12H19F3N2OS/c13-12(14,15)8-16-3-5-17(6-4-16)10(18)7-11(9-19)1-2-11/h19H,1-9H2. The third-order valence-electron chi connectivity index (χ3n) is 3.95. The van der Waals surface area contributed by atoms with Crippen molar-refractivity contribution in [3.8, 4) is 0 Å². The van der Waals surface area contributed by atoms with Gasteiger partial charge in [-0.3, -0.25) is 9.69 Å². The molecule has 110 valence electrons. The van der Waals surface area contributed by atoms with Gasteiger partial charge in [-0.05, 0) is 24.0 Å². The number of hydrogen-bond acceptors (Lipinski definition) is 3. The van der Waals surface area contributed by atoms with Gasteiger partial charge in [-0.2, -0.15) is 25.8 Å². The molecule has 0 radical (unpaired) electrons. The van der Waals surface area contributed by atoms with E-state index >= 15 is 0 Å². The van der Waals surface area contributed by atoms with Gasteiger partial charge in [0.05, 0.1) is 6.54 Å². The average Bonchev–Trinajstić information content (AvgIpc) is 3.08. The molecule has 0 aromatic carbocycles. The summed E-state index contributed by atoms with van der Waals surface area (Å²) in [5.41, 5.74) is 0.0727. The third-order valence-corrected chi connectivity index (χ3v) is 4.62. The van der Waals surface area contributed by atoms with Crippen LogP contribution in [0, 0.1) is 5.41 Å². The van der Waals surface area contributed by atoms with Gasteiger partial charge in [0.15, 0.2) is 0 Å². The molecule has 0 N–H and O–H groups in total. The SMILES string of the molecule is O=C(CC1(CS)CC1)N1CCN(CC(F)(F)F)CC1. The largest absolute Gasteiger partial charge is 0.401 e. The summed E-state index contributed by atoms with van der Waals surface area (Å²) in [6.07, 6.45) is -1.58. The molecule has 0 aromatic heterocycles. The summed E-state index contributed by atoms with van der Waals surface area (Å²) in [6, 6.07) is 0. The highest BCUT2D eigenvalue weighted by atomic mass is 32.1. The molecule has 2 rings (SSSR count). The Labute approximate surface area is 116 Å². The highest BCUT2D eigenvalue weighted by molar-refractivity contribution is 7.80. The summed E-state index contributed by atoms with van der Waals surface area (Å²) in [7, 11) is 0. The fourth-order valence-corrected chi connectivity index (χ4v) is 2.84. The fraction of sp³-hybridized carbons (Fsp3) is 0.917. The Morgan fingerprint density at radius 3 is 2.16 bits per heavy atom. The molecular formula is C12H19F3N2OS. The second kappa shape index (κ2) is 5.52. The van der Waals surface area contributed by atoms with Crippen molar-refractivity contribution in [1.29, 1.82) is 0 Å². The van der Waals surface area contributed by atoms with Crippen LogP contribution in [0.5, 0.6) is 0 Å². The minimum atomic E-state index is -4.16. The molecule has 0 spiro atoms. The van der Waals surface area contributed by atoms with E-state index in [-0.39, 0.29) is 11.3 Å². The van der Waals surface area contributed by atoms with Crippen molar-refractivity contribution < 1.29 is 18.0 Å². The number of nitrogens with zero attached hydrogens (tertiary/aromatic N) is 2. The molecule has 1 aliphatic carbocycles. The zero-order valence-corrected chi connectivity index (χ0v) is 11.6. The number of hydrogen-bond donors (Lipinski definition) is 1. The van der Waals surface area contributed by atoms with Crippen LogP contribution < -0.4 is 0 Å². The Balaban J connectivity index is 1.75. The summed E-state index contributed by atoms with van der Waals surface area (Å²) in [6.45, 7) is 0.531. The van der Waals surface area contributed by atoms with Crippen molar-refractivity contribution in [2.24, 2.45) is 5.41 Å². The van der Waals surface area contributed by atoms with Crippen LogP contribution in [0.3, 0.4) is 0 Å². The molecule has 0 unspecified atom stereocenters. The van der Waals surface area contributed by atoms with Crippen LogP contribution in [0.1, 0.15) is 19.3 Å². The first-order chi connectivity index (χ1) is 8.84. The van der Waals surface area contributed by atoms with Gasteiger partial charge in [0.2, 0.25) is 5.91 Å². The van der Waals surface area contributed by atoms with Crippen LogP contribution in [0.15, 0.2) is 0 Å². The maximum Gasteiger partial charge on any atom is 0.401 e. The van der Waals surface area contributed by atoms with E-state index in [1.165, 1.54) is 4.90 Å². The molecule has 0 aromatic rings. The van der Waals surface area contributed by atoms with Crippen LogP contribution in [-0.4, -0.2) is 60.4 Å². The molecule has 2 aliphatic rings. The second-order valence-corrected chi connectivity index (χ2v) is 5.92. The summed E-state index contributed by atoms with van der Waals surface area (Å²) in [5, 5.41) is 0. The first kappa shape index (κ1) is 15.0. The third kappa shape index (κ3) is 4.27. The van der Waals surface area contributed by atoms with Crippen LogP contribution >= 0.6 is 12.6 Å². The van der Waals surface area contributed by atoms with E-state index in [9.17, 15) is 18.0 Å². The second-order valence-electron chi connectivity index (χ2n) is 5.61. The minimum absolute atomic E-state index is 0.0678. The number of thiol groups is 1.